The van der Waals surface area contributed by atoms with Crippen molar-refractivity contribution in [1.82, 2.24) is 29.9 Å². The predicted octanol–water partition coefficient (Wildman–Crippen LogP) is 6.30. The van der Waals surface area contributed by atoms with E-state index >= 15 is 0 Å². The molecule has 0 aliphatic rings. The molecule has 218 valence electrons. The number of nitrogens with two attached hydrogens (primary N) is 1. The average Bonchev–Trinajstić information content (AvgIpc) is 3.67. The molecule has 0 radical (unpaired) electrons. The molecular formula is C31H22F2N8O2S. The van der Waals surface area contributed by atoms with Crippen molar-refractivity contribution in [1.29, 1.82) is 0 Å². The van der Waals surface area contributed by atoms with Crippen LogP contribution in [0.5, 0.6) is 0 Å². The highest BCUT2D eigenvalue weighted by Gasteiger charge is 2.28. The van der Waals surface area contributed by atoms with Crippen molar-refractivity contribution in [3.8, 4) is 33.0 Å². The summed E-state index contributed by atoms with van der Waals surface area (Å²) < 4.78 is 37.1. The summed E-state index contributed by atoms with van der Waals surface area (Å²) in [7, 11) is 1.78. The molecule has 0 saturated carbocycles. The number of aromatic nitrogens is 6. The molecule has 7 aromatic rings. The van der Waals surface area contributed by atoms with Crippen LogP contribution in [0, 0.1) is 11.6 Å². The predicted molar refractivity (Wildman–Crippen MR) is 165 cm³/mol. The van der Waals surface area contributed by atoms with Gasteiger partial charge >= 0.3 is 0 Å². The van der Waals surface area contributed by atoms with Crippen LogP contribution in [-0.4, -0.2) is 37.0 Å². The monoisotopic (exact) mass is 608 g/mol. The van der Waals surface area contributed by atoms with E-state index in [1.807, 2.05) is 24.3 Å². The third kappa shape index (κ3) is 4.45. The fourth-order valence-corrected chi connectivity index (χ4v) is 5.92. The molecule has 0 fully saturated rings. The molecule has 3 aromatic carbocycles. The van der Waals surface area contributed by atoms with Crippen molar-refractivity contribution >= 4 is 44.3 Å². The molecule has 13 heteroatoms. The third-order valence-electron chi connectivity index (χ3n) is 7.32. The summed E-state index contributed by atoms with van der Waals surface area (Å²) in [5, 5.41) is 17.9. The van der Waals surface area contributed by atoms with E-state index in [1.54, 1.807) is 24.7 Å². The lowest BCUT2D eigenvalue weighted by molar-refractivity contribution is 0.445. The molecule has 3 N–H and O–H groups in total. The summed E-state index contributed by atoms with van der Waals surface area (Å²) in [6.07, 6.45) is 1.32. The number of nitrogens with one attached hydrogen (secondary N) is 1. The number of rotatable bonds is 6. The number of halogens is 2. The van der Waals surface area contributed by atoms with E-state index in [1.165, 1.54) is 54.1 Å². The zero-order valence-electron chi connectivity index (χ0n) is 23.2. The van der Waals surface area contributed by atoms with Gasteiger partial charge in [0.15, 0.2) is 5.65 Å². The number of hydrogen-bond donors (Lipinski definition) is 2. The first kappa shape index (κ1) is 27.3. The Bertz CT molecular complexity index is 2260. The van der Waals surface area contributed by atoms with E-state index in [2.05, 4.69) is 25.5 Å². The van der Waals surface area contributed by atoms with Crippen LogP contribution in [0.4, 0.5) is 19.7 Å². The molecule has 0 spiro atoms. The second kappa shape index (κ2) is 10.6. The number of anilines is 2. The first-order valence-electron chi connectivity index (χ1n) is 13.5. The summed E-state index contributed by atoms with van der Waals surface area (Å²) in [5.41, 5.74) is 8.54. The van der Waals surface area contributed by atoms with Crippen LogP contribution in [0.15, 0.2) is 82.3 Å². The van der Waals surface area contributed by atoms with Crippen LogP contribution in [-0.2, 0) is 0 Å². The van der Waals surface area contributed by atoms with Gasteiger partial charge in [0.25, 0.3) is 0 Å². The summed E-state index contributed by atoms with van der Waals surface area (Å²) in [4.78, 5) is 22.5. The molecule has 4 aromatic heterocycles. The molecule has 1 atom stereocenters. The molecule has 4 heterocycles. The highest BCUT2D eigenvalue weighted by atomic mass is 32.1. The number of benzene rings is 3. The van der Waals surface area contributed by atoms with Crippen molar-refractivity contribution in [2.75, 3.05) is 18.1 Å². The minimum absolute atomic E-state index is 0.0178. The van der Waals surface area contributed by atoms with Gasteiger partial charge in [-0.25, -0.2) is 23.4 Å². The zero-order chi connectivity index (χ0) is 30.5. The molecular weight excluding hydrogens is 586 g/mol. The van der Waals surface area contributed by atoms with Gasteiger partial charge in [0.05, 0.1) is 10.9 Å². The van der Waals surface area contributed by atoms with Crippen molar-refractivity contribution in [3.63, 3.8) is 0 Å². The van der Waals surface area contributed by atoms with E-state index in [9.17, 15) is 13.6 Å². The summed E-state index contributed by atoms with van der Waals surface area (Å²) in [5.74, 6) is -0.929. The summed E-state index contributed by atoms with van der Waals surface area (Å²) in [6.45, 7) is 1.76. The third-order valence-corrected chi connectivity index (χ3v) is 8.31. The van der Waals surface area contributed by atoms with Crippen molar-refractivity contribution in [2.45, 2.75) is 13.0 Å². The average molecular weight is 609 g/mol. The summed E-state index contributed by atoms with van der Waals surface area (Å²) in [6, 6.07) is 16.5. The second-order valence-corrected chi connectivity index (χ2v) is 10.9. The quantitative estimate of drug-likeness (QED) is 0.223. The number of nitrogen functional groups attached to an aromatic ring is 1. The largest absolute Gasteiger partial charge is 0.458 e. The zero-order valence-corrected chi connectivity index (χ0v) is 24.1. The Morgan fingerprint density at radius 2 is 1.73 bits per heavy atom. The first-order valence-corrected chi connectivity index (χ1v) is 14.3. The second-order valence-electron chi connectivity index (χ2n) is 9.96. The Balaban J connectivity index is 1.42. The minimum Gasteiger partial charge on any atom is -0.458 e. The highest BCUT2D eigenvalue weighted by molar-refractivity contribution is 7.18. The van der Waals surface area contributed by atoms with Crippen LogP contribution >= 0.6 is 11.3 Å². The topological polar surface area (TPSA) is 138 Å². The number of fused-ring (bicyclic) bond motifs is 2. The van der Waals surface area contributed by atoms with E-state index in [0.29, 0.717) is 21.9 Å². The lowest BCUT2D eigenvalue weighted by atomic mass is 9.99. The van der Waals surface area contributed by atoms with Crippen LogP contribution in [0.1, 0.15) is 18.7 Å². The lowest BCUT2D eigenvalue weighted by Gasteiger charge is -2.17. The van der Waals surface area contributed by atoms with Gasteiger partial charge in [-0.1, -0.05) is 53.8 Å². The normalized spacial score (nSPS) is 12.2. The van der Waals surface area contributed by atoms with E-state index in [-0.39, 0.29) is 33.7 Å². The van der Waals surface area contributed by atoms with Gasteiger partial charge in [-0.05, 0) is 36.8 Å². The van der Waals surface area contributed by atoms with Gasteiger partial charge in [0.2, 0.25) is 10.6 Å². The van der Waals surface area contributed by atoms with Gasteiger partial charge in [-0.15, -0.1) is 10.2 Å². The van der Waals surface area contributed by atoms with Crippen LogP contribution in [0.2, 0.25) is 0 Å². The van der Waals surface area contributed by atoms with E-state index in [4.69, 9.17) is 15.2 Å². The van der Waals surface area contributed by atoms with Crippen LogP contribution in [0.25, 0.3) is 55.0 Å². The highest BCUT2D eigenvalue weighted by Crippen LogP contribution is 2.37. The molecule has 0 aliphatic heterocycles. The summed E-state index contributed by atoms with van der Waals surface area (Å²) >= 11 is 1.43. The molecule has 0 amide bonds. The Hall–Kier alpha value is -5.56. The van der Waals surface area contributed by atoms with Crippen molar-refractivity contribution in [2.24, 2.45) is 0 Å². The molecule has 1 unspecified atom stereocenters. The SMILES string of the molecule is CNc1nnc(-c2ccc(-c3nn(C(C)c4oc5cccc(F)c5c(=O)c4-c4cccc(F)c4)c4ncnc(N)c34)cc2)s1. The molecule has 0 bridgehead atoms. The first-order chi connectivity index (χ1) is 21.3. The molecule has 0 aliphatic carbocycles. The number of nitrogens with zero attached hydrogens (tertiary/aromatic N) is 6. The Kier molecular flexibility index (Phi) is 6.58. The van der Waals surface area contributed by atoms with Gasteiger partial charge in [-0.2, -0.15) is 5.10 Å². The fourth-order valence-electron chi connectivity index (χ4n) is 5.22. The Morgan fingerprint density at radius 1 is 0.955 bits per heavy atom. The maximum absolute atomic E-state index is 14.9. The molecule has 0 saturated heterocycles. The van der Waals surface area contributed by atoms with Gasteiger partial charge in [-0.3, -0.25) is 4.79 Å². The molecule has 44 heavy (non-hydrogen) atoms. The van der Waals surface area contributed by atoms with E-state index in [0.717, 1.165) is 16.1 Å². The maximum atomic E-state index is 14.9. The number of hydrogen-bond acceptors (Lipinski definition) is 10. The van der Waals surface area contributed by atoms with Gasteiger partial charge in [0.1, 0.15) is 57.3 Å². The minimum atomic E-state index is -0.764. The van der Waals surface area contributed by atoms with Crippen molar-refractivity contribution in [3.05, 3.63) is 101 Å². The molecule has 10 nitrogen and oxygen atoms in total. The van der Waals surface area contributed by atoms with Crippen LogP contribution in [0.3, 0.4) is 0 Å². The Morgan fingerprint density at radius 3 is 2.48 bits per heavy atom. The van der Waals surface area contributed by atoms with E-state index < -0.39 is 23.1 Å². The van der Waals surface area contributed by atoms with Gasteiger partial charge < -0.3 is 15.5 Å². The fraction of sp³-hybridized carbons (Fsp3) is 0.0968. The van der Waals surface area contributed by atoms with Crippen LogP contribution < -0.4 is 16.5 Å². The Labute approximate surface area is 251 Å². The maximum Gasteiger partial charge on any atom is 0.205 e. The van der Waals surface area contributed by atoms with Crippen molar-refractivity contribution < 1.29 is 13.2 Å². The van der Waals surface area contributed by atoms with Gasteiger partial charge in [0, 0.05) is 18.2 Å². The lowest BCUT2D eigenvalue weighted by Crippen LogP contribution is -2.17. The standard InChI is InChI=1S/C31H22F2N8O2S/c1-15(27-22(18-5-3-6-19(32)13-18)26(42)23-20(33)7-4-8-21(23)43-27)41-29-24(28(34)36-14-37-29)25(40-41)16-9-11-17(12-10-16)30-38-39-31(35-2)44-30/h3-15H,1-2H3,(H,35,39)(H2,34,36,37). The smallest absolute Gasteiger partial charge is 0.205 e. The molecule has 7 rings (SSSR count).